The summed E-state index contributed by atoms with van der Waals surface area (Å²) in [5, 5.41) is 3.01. The smallest absolute Gasteiger partial charge is 0.240 e. The zero-order valence-corrected chi connectivity index (χ0v) is 13.0. The van der Waals surface area contributed by atoms with Gasteiger partial charge in [0, 0.05) is 13.7 Å². The van der Waals surface area contributed by atoms with Gasteiger partial charge in [-0.2, -0.15) is 0 Å². The van der Waals surface area contributed by atoms with E-state index in [1.165, 1.54) is 6.42 Å². The van der Waals surface area contributed by atoms with Crippen LogP contribution in [-0.2, 0) is 22.7 Å². The molecule has 1 aromatic carbocycles. The summed E-state index contributed by atoms with van der Waals surface area (Å²) in [6.07, 6.45) is 3.76. The van der Waals surface area contributed by atoms with E-state index >= 15 is 0 Å². The minimum Gasteiger partial charge on any atom is -0.380 e. The quantitative estimate of drug-likeness (QED) is 0.875. The molecule has 1 aromatic rings. The molecule has 1 aliphatic rings. The highest BCUT2D eigenvalue weighted by Gasteiger charge is 2.37. The van der Waals surface area contributed by atoms with Gasteiger partial charge in [0.15, 0.2) is 0 Å². The van der Waals surface area contributed by atoms with E-state index in [1.807, 2.05) is 24.3 Å². The lowest BCUT2D eigenvalue weighted by Gasteiger charge is -2.35. The van der Waals surface area contributed by atoms with E-state index in [4.69, 9.17) is 10.5 Å². The largest absolute Gasteiger partial charge is 0.380 e. The average molecular weight is 290 g/mol. The summed E-state index contributed by atoms with van der Waals surface area (Å²) in [5.41, 5.74) is 7.80. The molecule has 0 bridgehead atoms. The zero-order valence-electron chi connectivity index (χ0n) is 13.0. The Hall–Kier alpha value is -1.39. The molecule has 1 saturated carbocycles. The van der Waals surface area contributed by atoms with E-state index in [1.54, 1.807) is 7.11 Å². The second kappa shape index (κ2) is 7.05. The standard InChI is InChI=1S/C17H26N2O2/c1-13-6-5-9-17(18,10-13)16(20)19-11-14-7-3-4-8-15(14)12-21-2/h3-4,7-8,13H,5-6,9-12,18H2,1-2H3,(H,19,20). The maximum absolute atomic E-state index is 12.4. The Kier molecular flexibility index (Phi) is 5.37. The molecule has 116 valence electrons. The monoisotopic (exact) mass is 290 g/mol. The fourth-order valence-corrected chi connectivity index (χ4v) is 3.18. The highest BCUT2D eigenvalue weighted by Crippen LogP contribution is 2.30. The minimum absolute atomic E-state index is 0.0266. The first-order valence-corrected chi connectivity index (χ1v) is 7.68. The van der Waals surface area contributed by atoms with Crippen LogP contribution in [0.4, 0.5) is 0 Å². The highest BCUT2D eigenvalue weighted by atomic mass is 16.5. The van der Waals surface area contributed by atoms with Crippen molar-refractivity contribution in [2.75, 3.05) is 7.11 Å². The van der Waals surface area contributed by atoms with Crippen molar-refractivity contribution < 1.29 is 9.53 Å². The lowest BCUT2D eigenvalue weighted by Crippen LogP contribution is -2.56. The molecule has 21 heavy (non-hydrogen) atoms. The first kappa shape index (κ1) is 16.0. The number of benzene rings is 1. The topological polar surface area (TPSA) is 64.3 Å². The Labute approximate surface area is 127 Å². The fourth-order valence-electron chi connectivity index (χ4n) is 3.18. The van der Waals surface area contributed by atoms with E-state index in [0.717, 1.165) is 30.4 Å². The molecule has 2 unspecified atom stereocenters. The summed E-state index contributed by atoms with van der Waals surface area (Å²) in [4.78, 5) is 12.4. The van der Waals surface area contributed by atoms with E-state index in [-0.39, 0.29) is 5.91 Å². The van der Waals surface area contributed by atoms with Crippen LogP contribution in [0.15, 0.2) is 24.3 Å². The number of amides is 1. The maximum Gasteiger partial charge on any atom is 0.240 e. The molecule has 1 aliphatic carbocycles. The normalized spacial score (nSPS) is 25.6. The Morgan fingerprint density at radius 1 is 1.43 bits per heavy atom. The van der Waals surface area contributed by atoms with Gasteiger partial charge in [0.2, 0.25) is 5.91 Å². The molecule has 4 heteroatoms. The molecule has 0 aliphatic heterocycles. The van der Waals surface area contributed by atoms with Crippen LogP contribution in [0, 0.1) is 5.92 Å². The molecule has 1 fully saturated rings. The van der Waals surface area contributed by atoms with Gasteiger partial charge in [-0.15, -0.1) is 0 Å². The van der Waals surface area contributed by atoms with E-state index in [9.17, 15) is 4.79 Å². The molecule has 1 amide bonds. The number of carbonyl (C=O) groups is 1. The van der Waals surface area contributed by atoms with E-state index < -0.39 is 5.54 Å². The van der Waals surface area contributed by atoms with Gasteiger partial charge in [-0.05, 0) is 29.9 Å². The summed E-state index contributed by atoms with van der Waals surface area (Å²) in [6.45, 7) is 3.23. The summed E-state index contributed by atoms with van der Waals surface area (Å²) < 4.78 is 5.19. The van der Waals surface area contributed by atoms with Crippen LogP contribution in [0.2, 0.25) is 0 Å². The lowest BCUT2D eigenvalue weighted by atomic mass is 9.76. The molecule has 3 N–H and O–H groups in total. The number of nitrogens with one attached hydrogen (secondary N) is 1. The maximum atomic E-state index is 12.4. The van der Waals surface area contributed by atoms with Crippen molar-refractivity contribution in [1.82, 2.24) is 5.32 Å². The van der Waals surface area contributed by atoms with Crippen molar-refractivity contribution in [1.29, 1.82) is 0 Å². The van der Waals surface area contributed by atoms with E-state index in [0.29, 0.717) is 19.1 Å². The van der Waals surface area contributed by atoms with Gasteiger partial charge in [-0.25, -0.2) is 0 Å². The molecular weight excluding hydrogens is 264 g/mol. The third-order valence-electron chi connectivity index (χ3n) is 4.34. The Bertz CT molecular complexity index is 489. The van der Waals surface area contributed by atoms with Gasteiger partial charge in [0.25, 0.3) is 0 Å². The number of methoxy groups -OCH3 is 1. The summed E-state index contributed by atoms with van der Waals surface area (Å²) in [6, 6.07) is 7.99. The van der Waals surface area contributed by atoms with Crippen molar-refractivity contribution in [2.45, 2.75) is 51.3 Å². The van der Waals surface area contributed by atoms with Crippen LogP contribution in [-0.4, -0.2) is 18.6 Å². The predicted octanol–water partition coefficient (Wildman–Crippen LogP) is 2.36. The van der Waals surface area contributed by atoms with Crippen LogP contribution in [0.3, 0.4) is 0 Å². The third-order valence-corrected chi connectivity index (χ3v) is 4.34. The molecule has 4 nitrogen and oxygen atoms in total. The number of hydrogen-bond acceptors (Lipinski definition) is 3. The van der Waals surface area contributed by atoms with Crippen LogP contribution in [0.5, 0.6) is 0 Å². The SMILES string of the molecule is COCc1ccccc1CNC(=O)C1(N)CCCC(C)C1. The number of nitrogens with two attached hydrogens (primary N) is 1. The van der Waals surface area contributed by atoms with Gasteiger partial charge in [0.05, 0.1) is 12.1 Å². The Morgan fingerprint density at radius 2 is 2.14 bits per heavy atom. The zero-order chi connectivity index (χ0) is 15.3. The molecule has 0 radical (unpaired) electrons. The molecular formula is C17H26N2O2. The van der Waals surface area contributed by atoms with E-state index in [2.05, 4.69) is 12.2 Å². The van der Waals surface area contributed by atoms with Gasteiger partial charge < -0.3 is 15.8 Å². The Balaban J connectivity index is 1.98. The third kappa shape index (κ3) is 4.05. The van der Waals surface area contributed by atoms with Crippen molar-refractivity contribution in [3.8, 4) is 0 Å². The molecule has 2 rings (SSSR count). The van der Waals surface area contributed by atoms with Crippen molar-refractivity contribution in [2.24, 2.45) is 11.7 Å². The van der Waals surface area contributed by atoms with Crippen LogP contribution in [0.25, 0.3) is 0 Å². The van der Waals surface area contributed by atoms with Crippen LogP contribution >= 0.6 is 0 Å². The molecule has 0 saturated heterocycles. The minimum atomic E-state index is -0.701. The molecule has 2 atom stereocenters. The van der Waals surface area contributed by atoms with Gasteiger partial charge in [-0.1, -0.05) is 44.0 Å². The van der Waals surface area contributed by atoms with Crippen LogP contribution in [0.1, 0.15) is 43.7 Å². The number of rotatable bonds is 5. The average Bonchev–Trinajstić information content (AvgIpc) is 2.46. The summed E-state index contributed by atoms with van der Waals surface area (Å²) in [5.74, 6) is 0.497. The first-order valence-electron chi connectivity index (χ1n) is 7.68. The van der Waals surface area contributed by atoms with Crippen molar-refractivity contribution >= 4 is 5.91 Å². The predicted molar refractivity (Wildman–Crippen MR) is 83.6 cm³/mol. The lowest BCUT2D eigenvalue weighted by molar-refractivity contribution is -0.128. The number of hydrogen-bond donors (Lipinski definition) is 2. The van der Waals surface area contributed by atoms with Crippen molar-refractivity contribution in [3.63, 3.8) is 0 Å². The fraction of sp³-hybridized carbons (Fsp3) is 0.588. The second-order valence-corrected chi connectivity index (χ2v) is 6.24. The summed E-state index contributed by atoms with van der Waals surface area (Å²) in [7, 11) is 1.67. The highest BCUT2D eigenvalue weighted by molar-refractivity contribution is 5.86. The Morgan fingerprint density at radius 3 is 2.81 bits per heavy atom. The van der Waals surface area contributed by atoms with Gasteiger partial charge >= 0.3 is 0 Å². The first-order chi connectivity index (χ1) is 10.0. The van der Waals surface area contributed by atoms with Gasteiger partial charge in [-0.3, -0.25) is 4.79 Å². The second-order valence-electron chi connectivity index (χ2n) is 6.24. The number of ether oxygens (including phenoxy) is 1. The number of carbonyl (C=O) groups excluding carboxylic acids is 1. The van der Waals surface area contributed by atoms with Gasteiger partial charge in [0.1, 0.15) is 0 Å². The van der Waals surface area contributed by atoms with Crippen molar-refractivity contribution in [3.05, 3.63) is 35.4 Å². The molecule has 0 aromatic heterocycles. The summed E-state index contributed by atoms with van der Waals surface area (Å²) >= 11 is 0. The molecule has 0 spiro atoms. The van der Waals surface area contributed by atoms with Crippen LogP contribution < -0.4 is 11.1 Å². The molecule has 0 heterocycles.